The van der Waals surface area contributed by atoms with Gasteiger partial charge >= 0.3 is 0 Å². The van der Waals surface area contributed by atoms with Gasteiger partial charge in [0.25, 0.3) is 5.91 Å². The third-order valence-corrected chi connectivity index (χ3v) is 3.33. The average Bonchev–Trinajstić information content (AvgIpc) is 2.95. The normalized spacial score (nSPS) is 10.7. The molecule has 0 aliphatic heterocycles. The molecule has 116 valence electrons. The summed E-state index contributed by atoms with van der Waals surface area (Å²) >= 11 is 0. The van der Waals surface area contributed by atoms with Gasteiger partial charge in [0.15, 0.2) is 0 Å². The average molecular weight is 297 g/mol. The predicted octanol–water partition coefficient (Wildman–Crippen LogP) is 3.44. The zero-order valence-electron chi connectivity index (χ0n) is 13.2. The molecule has 0 unspecified atom stereocenters. The van der Waals surface area contributed by atoms with Crippen molar-refractivity contribution in [2.24, 2.45) is 5.92 Å². The fourth-order valence-electron chi connectivity index (χ4n) is 2.36. The number of carbonyl (C=O) groups is 1. The molecule has 0 saturated carbocycles. The number of nitrogens with one attached hydrogen (secondary N) is 1. The predicted molar refractivity (Wildman–Crippen MR) is 88.5 cm³/mol. The van der Waals surface area contributed by atoms with Gasteiger partial charge in [-0.15, -0.1) is 6.58 Å². The number of H-pyrrole nitrogens is 1. The number of hydrogen-bond donors (Lipinski definition) is 1. The lowest BCUT2D eigenvalue weighted by Crippen LogP contribution is -2.31. The van der Waals surface area contributed by atoms with Crippen LogP contribution >= 0.6 is 0 Å². The number of hydrogen-bond acceptors (Lipinski definition) is 2. The molecule has 1 aromatic heterocycles. The lowest BCUT2D eigenvalue weighted by molar-refractivity contribution is 0.0756. The maximum atomic E-state index is 12.6. The second-order valence-corrected chi connectivity index (χ2v) is 5.84. The van der Waals surface area contributed by atoms with Crippen molar-refractivity contribution in [3.05, 3.63) is 66.0 Å². The molecule has 0 aliphatic rings. The van der Waals surface area contributed by atoms with Crippen molar-refractivity contribution in [1.29, 1.82) is 0 Å². The minimum Gasteiger partial charge on any atom is -0.329 e. The summed E-state index contributed by atoms with van der Waals surface area (Å²) in [6.07, 6.45) is 2.63. The van der Waals surface area contributed by atoms with Gasteiger partial charge in [0, 0.05) is 18.8 Å². The summed E-state index contributed by atoms with van der Waals surface area (Å²) in [4.78, 5) is 14.4. The van der Waals surface area contributed by atoms with Gasteiger partial charge in [-0.25, -0.2) is 0 Å². The number of nitrogens with zero attached hydrogens (tertiary/aromatic N) is 2. The van der Waals surface area contributed by atoms with Crippen molar-refractivity contribution < 1.29 is 4.79 Å². The van der Waals surface area contributed by atoms with E-state index in [1.54, 1.807) is 11.0 Å². The molecule has 0 spiro atoms. The molecule has 4 nitrogen and oxygen atoms in total. The van der Waals surface area contributed by atoms with Crippen molar-refractivity contribution in [3.8, 4) is 0 Å². The van der Waals surface area contributed by atoms with E-state index in [1.165, 1.54) is 0 Å². The molecular formula is C18H23N3O. The maximum absolute atomic E-state index is 12.6. The third kappa shape index (κ3) is 4.32. The number of aromatic amines is 1. The van der Waals surface area contributed by atoms with E-state index in [-0.39, 0.29) is 5.91 Å². The number of amides is 1. The van der Waals surface area contributed by atoms with Crippen LogP contribution in [0.25, 0.3) is 0 Å². The van der Waals surface area contributed by atoms with E-state index >= 15 is 0 Å². The second kappa shape index (κ2) is 7.59. The Bertz CT molecular complexity index is 616. The van der Waals surface area contributed by atoms with Crippen LogP contribution in [0.4, 0.5) is 0 Å². The van der Waals surface area contributed by atoms with Crippen molar-refractivity contribution >= 4 is 5.91 Å². The van der Waals surface area contributed by atoms with Crippen LogP contribution in [0.5, 0.6) is 0 Å². The highest BCUT2D eigenvalue weighted by Crippen LogP contribution is 2.11. The largest absolute Gasteiger partial charge is 0.329 e. The molecule has 22 heavy (non-hydrogen) atoms. The lowest BCUT2D eigenvalue weighted by Gasteiger charge is -2.20. The van der Waals surface area contributed by atoms with Crippen LogP contribution in [0.3, 0.4) is 0 Å². The Hall–Kier alpha value is -2.36. The minimum absolute atomic E-state index is 0.0741. The molecule has 1 aromatic carbocycles. The Labute approximate surface area is 131 Å². The van der Waals surface area contributed by atoms with Gasteiger partial charge in [0.05, 0.1) is 0 Å². The van der Waals surface area contributed by atoms with Crippen LogP contribution in [0.15, 0.2) is 49.1 Å². The van der Waals surface area contributed by atoms with Crippen molar-refractivity contribution in [1.82, 2.24) is 15.1 Å². The fraction of sp³-hybridized carbons (Fsp3) is 0.333. The molecule has 0 bridgehead atoms. The van der Waals surface area contributed by atoms with Crippen molar-refractivity contribution in [2.75, 3.05) is 6.54 Å². The molecule has 2 rings (SSSR count). The molecule has 4 heteroatoms. The van der Waals surface area contributed by atoms with E-state index in [2.05, 4.69) is 30.6 Å². The number of rotatable bonds is 7. The van der Waals surface area contributed by atoms with Gasteiger partial charge in [-0.2, -0.15) is 5.10 Å². The highest BCUT2D eigenvalue weighted by atomic mass is 16.2. The number of aromatic nitrogens is 2. The minimum atomic E-state index is -0.0741. The summed E-state index contributed by atoms with van der Waals surface area (Å²) in [5.41, 5.74) is 2.56. The summed E-state index contributed by atoms with van der Waals surface area (Å²) in [7, 11) is 0. The molecule has 1 N–H and O–H groups in total. The monoisotopic (exact) mass is 297 g/mol. The molecule has 0 saturated heterocycles. The Morgan fingerprint density at radius 3 is 2.73 bits per heavy atom. The molecule has 1 amide bonds. The number of benzene rings is 1. The zero-order chi connectivity index (χ0) is 15.9. The summed E-state index contributed by atoms with van der Waals surface area (Å²) < 4.78 is 0. The molecule has 0 radical (unpaired) electrons. The van der Waals surface area contributed by atoms with Crippen molar-refractivity contribution in [3.63, 3.8) is 0 Å². The van der Waals surface area contributed by atoms with Gasteiger partial charge < -0.3 is 4.90 Å². The smallest absolute Gasteiger partial charge is 0.274 e. The molecule has 1 heterocycles. The van der Waals surface area contributed by atoms with Crippen LogP contribution in [0.2, 0.25) is 0 Å². The first-order valence-corrected chi connectivity index (χ1v) is 7.58. The Kier molecular flexibility index (Phi) is 5.53. The Balaban J connectivity index is 2.12. The van der Waals surface area contributed by atoms with Gasteiger partial charge in [0.1, 0.15) is 5.69 Å². The van der Waals surface area contributed by atoms with Crippen LogP contribution in [-0.2, 0) is 13.0 Å². The summed E-state index contributed by atoms with van der Waals surface area (Å²) in [6.45, 7) is 9.08. The fourth-order valence-corrected chi connectivity index (χ4v) is 2.36. The van der Waals surface area contributed by atoms with E-state index in [1.807, 2.05) is 36.4 Å². The van der Waals surface area contributed by atoms with Crippen LogP contribution in [-0.4, -0.2) is 27.5 Å². The maximum Gasteiger partial charge on any atom is 0.274 e. The third-order valence-electron chi connectivity index (χ3n) is 3.33. The summed E-state index contributed by atoms with van der Waals surface area (Å²) in [5, 5.41) is 7.12. The van der Waals surface area contributed by atoms with E-state index < -0.39 is 0 Å². The zero-order valence-corrected chi connectivity index (χ0v) is 13.2. The Morgan fingerprint density at radius 2 is 2.09 bits per heavy atom. The van der Waals surface area contributed by atoms with Crippen molar-refractivity contribution in [2.45, 2.75) is 26.8 Å². The first-order valence-electron chi connectivity index (χ1n) is 7.58. The standard InChI is InChI=1S/C18H23N3O/c1-4-10-21(13-15-8-6-5-7-9-15)18(22)17-12-16(19-20-17)11-14(2)3/h4-9,12,14H,1,10-11,13H2,2-3H3,(H,19,20). The van der Waals surface area contributed by atoms with Gasteiger partial charge in [0.2, 0.25) is 0 Å². The van der Waals surface area contributed by atoms with E-state index in [0.717, 1.165) is 17.7 Å². The van der Waals surface area contributed by atoms with Crippen LogP contribution in [0, 0.1) is 5.92 Å². The quantitative estimate of drug-likeness (QED) is 0.796. The summed E-state index contributed by atoms with van der Waals surface area (Å²) in [6, 6.07) is 11.8. The van der Waals surface area contributed by atoms with Crippen LogP contribution < -0.4 is 0 Å². The molecular weight excluding hydrogens is 274 g/mol. The van der Waals surface area contributed by atoms with Gasteiger partial charge in [-0.1, -0.05) is 50.3 Å². The van der Waals surface area contributed by atoms with E-state index in [9.17, 15) is 4.79 Å². The Morgan fingerprint density at radius 1 is 1.36 bits per heavy atom. The second-order valence-electron chi connectivity index (χ2n) is 5.84. The van der Waals surface area contributed by atoms with Gasteiger partial charge in [-0.05, 0) is 24.0 Å². The van der Waals surface area contributed by atoms with E-state index in [0.29, 0.717) is 24.7 Å². The molecule has 0 atom stereocenters. The molecule has 2 aromatic rings. The SMILES string of the molecule is C=CCN(Cc1ccccc1)C(=O)c1cc(CC(C)C)[nH]n1. The first kappa shape index (κ1) is 16.0. The summed E-state index contributed by atoms with van der Waals surface area (Å²) in [5.74, 6) is 0.451. The molecule has 0 fully saturated rings. The highest BCUT2D eigenvalue weighted by Gasteiger charge is 2.18. The van der Waals surface area contributed by atoms with Gasteiger partial charge in [-0.3, -0.25) is 9.89 Å². The van der Waals surface area contributed by atoms with Crippen LogP contribution in [0.1, 0.15) is 35.6 Å². The lowest BCUT2D eigenvalue weighted by atomic mass is 10.1. The topological polar surface area (TPSA) is 49.0 Å². The molecule has 0 aliphatic carbocycles. The first-order chi connectivity index (χ1) is 10.6. The highest BCUT2D eigenvalue weighted by molar-refractivity contribution is 5.92. The van der Waals surface area contributed by atoms with E-state index in [4.69, 9.17) is 0 Å². The number of carbonyl (C=O) groups excluding carboxylic acids is 1.